The summed E-state index contributed by atoms with van der Waals surface area (Å²) in [6, 6.07) is 1.25. The molecule has 1 aromatic rings. The Bertz CT molecular complexity index is 499. The van der Waals surface area contributed by atoms with Crippen molar-refractivity contribution in [2.24, 2.45) is 5.73 Å². The van der Waals surface area contributed by atoms with Crippen LogP contribution in [0.1, 0.15) is 40.4 Å². The van der Waals surface area contributed by atoms with Gasteiger partial charge in [0, 0.05) is 17.2 Å². The van der Waals surface area contributed by atoms with Crippen LogP contribution in [0.25, 0.3) is 0 Å². The molecule has 0 aliphatic carbocycles. The number of likely N-dealkylation sites (tertiary alicyclic amines) is 1. The third-order valence-electron chi connectivity index (χ3n) is 3.71. The molecule has 1 aliphatic heterocycles. The predicted molar refractivity (Wildman–Crippen MR) is 67.6 cm³/mol. The molecule has 1 unspecified atom stereocenters. The van der Waals surface area contributed by atoms with E-state index in [1.54, 1.807) is 6.92 Å². The zero-order chi connectivity index (χ0) is 13.4. The maximum atomic E-state index is 11.3. The number of primary amides is 1. The van der Waals surface area contributed by atoms with Crippen LogP contribution >= 0.6 is 0 Å². The summed E-state index contributed by atoms with van der Waals surface area (Å²) in [4.78, 5) is 13.5. The molecule has 1 aromatic carbocycles. The molecule has 0 radical (unpaired) electrons. The van der Waals surface area contributed by atoms with Gasteiger partial charge in [-0.2, -0.15) is 0 Å². The van der Waals surface area contributed by atoms with Crippen LogP contribution < -0.4 is 5.73 Å². The fourth-order valence-electron chi connectivity index (χ4n) is 2.71. The number of nitrogens with zero attached hydrogens (tertiary/aromatic N) is 1. The molecule has 18 heavy (non-hydrogen) atoms. The second-order valence-corrected chi connectivity index (χ2v) is 4.83. The lowest BCUT2D eigenvalue weighted by molar-refractivity contribution is 0.0999. The van der Waals surface area contributed by atoms with Gasteiger partial charge in [-0.25, -0.2) is 0 Å². The molecule has 0 bridgehead atoms. The maximum Gasteiger partial charge on any atom is 0.249 e. The fraction of sp³-hybridized carbons (Fsp3) is 0.462. The summed E-state index contributed by atoms with van der Waals surface area (Å²) in [5.74, 6) is -1.02. The van der Waals surface area contributed by atoms with Crippen molar-refractivity contribution in [2.75, 3.05) is 13.6 Å². The van der Waals surface area contributed by atoms with Gasteiger partial charge in [-0.15, -0.1) is 0 Å². The van der Waals surface area contributed by atoms with Crippen molar-refractivity contribution in [3.63, 3.8) is 0 Å². The Balaban J connectivity index is 2.61. The van der Waals surface area contributed by atoms with Crippen molar-refractivity contribution in [3.05, 3.63) is 22.8 Å². The van der Waals surface area contributed by atoms with Gasteiger partial charge in [0.2, 0.25) is 5.91 Å². The highest BCUT2D eigenvalue weighted by Crippen LogP contribution is 2.43. The second-order valence-electron chi connectivity index (χ2n) is 4.83. The minimum Gasteiger partial charge on any atom is -0.504 e. The first-order valence-corrected chi connectivity index (χ1v) is 5.99. The molecule has 2 rings (SSSR count). The lowest BCUT2D eigenvalue weighted by Crippen LogP contribution is -2.20. The first kappa shape index (κ1) is 12.7. The summed E-state index contributed by atoms with van der Waals surface area (Å²) in [6.45, 7) is 2.69. The minimum atomic E-state index is -0.593. The zero-order valence-corrected chi connectivity index (χ0v) is 10.6. The highest BCUT2D eigenvalue weighted by atomic mass is 16.3. The number of hydrogen-bond acceptors (Lipinski definition) is 4. The van der Waals surface area contributed by atoms with Crippen LogP contribution in [0.5, 0.6) is 11.5 Å². The molecular weight excluding hydrogens is 232 g/mol. The van der Waals surface area contributed by atoms with Crippen LogP contribution in [-0.4, -0.2) is 34.6 Å². The number of carbonyl (C=O) groups is 1. The van der Waals surface area contributed by atoms with E-state index >= 15 is 0 Å². The second kappa shape index (κ2) is 4.49. The first-order chi connectivity index (χ1) is 8.43. The number of aromatic hydroxyl groups is 2. The van der Waals surface area contributed by atoms with Gasteiger partial charge in [0.1, 0.15) is 0 Å². The van der Waals surface area contributed by atoms with Crippen LogP contribution in [0.2, 0.25) is 0 Å². The molecule has 0 saturated carbocycles. The average molecular weight is 250 g/mol. The van der Waals surface area contributed by atoms with Gasteiger partial charge >= 0.3 is 0 Å². The number of phenolic OH excluding ortho intramolecular Hbond substituents is 2. The Morgan fingerprint density at radius 3 is 2.67 bits per heavy atom. The molecule has 1 heterocycles. The van der Waals surface area contributed by atoms with Gasteiger partial charge in [-0.05, 0) is 45.0 Å². The smallest absolute Gasteiger partial charge is 0.249 e. The van der Waals surface area contributed by atoms with Gasteiger partial charge in [-0.1, -0.05) is 0 Å². The molecule has 0 aromatic heterocycles. The zero-order valence-electron chi connectivity index (χ0n) is 10.6. The van der Waals surface area contributed by atoms with Crippen LogP contribution in [0.15, 0.2) is 6.07 Å². The Morgan fingerprint density at radius 1 is 1.50 bits per heavy atom. The van der Waals surface area contributed by atoms with E-state index in [-0.39, 0.29) is 23.1 Å². The van der Waals surface area contributed by atoms with Crippen LogP contribution in [-0.2, 0) is 0 Å². The molecule has 5 nitrogen and oxygen atoms in total. The van der Waals surface area contributed by atoms with Crippen molar-refractivity contribution in [1.82, 2.24) is 4.90 Å². The van der Waals surface area contributed by atoms with Crippen molar-refractivity contribution in [1.29, 1.82) is 0 Å². The van der Waals surface area contributed by atoms with Crippen LogP contribution in [0.4, 0.5) is 0 Å². The third kappa shape index (κ3) is 1.90. The van der Waals surface area contributed by atoms with Crippen LogP contribution in [0, 0.1) is 6.92 Å². The van der Waals surface area contributed by atoms with Crippen molar-refractivity contribution in [3.8, 4) is 11.5 Å². The van der Waals surface area contributed by atoms with E-state index in [1.165, 1.54) is 6.07 Å². The summed E-state index contributed by atoms with van der Waals surface area (Å²) in [5, 5.41) is 19.8. The van der Waals surface area contributed by atoms with Crippen molar-refractivity contribution >= 4 is 5.91 Å². The first-order valence-electron chi connectivity index (χ1n) is 5.99. The highest BCUT2D eigenvalue weighted by Gasteiger charge is 2.29. The van der Waals surface area contributed by atoms with Crippen molar-refractivity contribution in [2.45, 2.75) is 25.8 Å². The molecule has 98 valence electrons. The SMILES string of the molecule is Cc1c(C(N)=O)cc(O)c(O)c1C1CCCN1C. The Kier molecular flexibility index (Phi) is 3.17. The summed E-state index contributed by atoms with van der Waals surface area (Å²) in [7, 11) is 1.96. The number of nitrogens with two attached hydrogens (primary N) is 1. The lowest BCUT2D eigenvalue weighted by atomic mass is 9.93. The van der Waals surface area contributed by atoms with Gasteiger partial charge in [0.05, 0.1) is 0 Å². The summed E-state index contributed by atoms with van der Waals surface area (Å²) in [5.41, 5.74) is 6.82. The number of hydrogen-bond donors (Lipinski definition) is 3. The molecule has 1 amide bonds. The number of rotatable bonds is 2. The third-order valence-corrected chi connectivity index (χ3v) is 3.71. The van der Waals surface area contributed by atoms with E-state index in [0.717, 1.165) is 19.4 Å². The number of carbonyl (C=O) groups excluding carboxylic acids is 1. The average Bonchev–Trinajstić information content (AvgIpc) is 2.70. The molecule has 4 N–H and O–H groups in total. The van der Waals surface area contributed by atoms with Crippen molar-refractivity contribution < 1.29 is 15.0 Å². The number of amides is 1. The molecular formula is C13H18N2O3. The summed E-state index contributed by atoms with van der Waals surface area (Å²) in [6.07, 6.45) is 1.92. The minimum absolute atomic E-state index is 0.0233. The van der Waals surface area contributed by atoms with Gasteiger partial charge in [0.15, 0.2) is 11.5 Å². The van der Waals surface area contributed by atoms with E-state index in [4.69, 9.17) is 5.73 Å². The standard InChI is InChI=1S/C13H18N2O3/c1-7-8(13(14)18)6-10(16)12(17)11(7)9-4-3-5-15(9)2/h6,9,16-17H,3-5H2,1-2H3,(H2,14,18). The Morgan fingerprint density at radius 2 is 2.17 bits per heavy atom. The normalized spacial score (nSPS) is 20.2. The van der Waals surface area contributed by atoms with E-state index in [1.807, 2.05) is 7.05 Å². The predicted octanol–water partition coefficient (Wildman–Crippen LogP) is 1.27. The molecule has 1 aliphatic rings. The molecule has 0 spiro atoms. The topological polar surface area (TPSA) is 86.8 Å². The summed E-state index contributed by atoms with van der Waals surface area (Å²) >= 11 is 0. The fourth-order valence-corrected chi connectivity index (χ4v) is 2.71. The molecule has 5 heteroatoms. The van der Waals surface area contributed by atoms with E-state index in [0.29, 0.717) is 11.1 Å². The molecule has 1 atom stereocenters. The van der Waals surface area contributed by atoms with E-state index in [2.05, 4.69) is 4.90 Å². The van der Waals surface area contributed by atoms with Gasteiger partial charge in [0.25, 0.3) is 0 Å². The van der Waals surface area contributed by atoms with E-state index in [9.17, 15) is 15.0 Å². The van der Waals surface area contributed by atoms with Gasteiger partial charge < -0.3 is 15.9 Å². The lowest BCUT2D eigenvalue weighted by Gasteiger charge is -2.24. The van der Waals surface area contributed by atoms with Gasteiger partial charge in [-0.3, -0.25) is 9.69 Å². The highest BCUT2D eigenvalue weighted by molar-refractivity contribution is 5.95. The molecule has 1 saturated heterocycles. The monoisotopic (exact) mass is 250 g/mol. The van der Waals surface area contributed by atoms with E-state index < -0.39 is 5.91 Å². The summed E-state index contributed by atoms with van der Waals surface area (Å²) < 4.78 is 0. The number of phenols is 2. The quantitative estimate of drug-likeness (QED) is 0.690. The number of benzene rings is 1. The van der Waals surface area contributed by atoms with Crippen LogP contribution in [0.3, 0.4) is 0 Å². The Hall–Kier alpha value is -1.75. The Labute approximate surface area is 106 Å². The largest absolute Gasteiger partial charge is 0.504 e. The maximum absolute atomic E-state index is 11.3. The molecule has 1 fully saturated rings.